The number of nitrogens with one attached hydrogen (secondary N) is 2. The number of aliphatic hydroxyl groups is 1. The summed E-state index contributed by atoms with van der Waals surface area (Å²) in [6.07, 6.45) is 3.01. The maximum atomic E-state index is 10.3. The molecule has 0 amide bonds. The van der Waals surface area contributed by atoms with E-state index in [9.17, 15) is 5.11 Å². The molecule has 3 rings (SSSR count). The molecule has 0 aromatic carbocycles. The molecule has 20 heavy (non-hydrogen) atoms. The fourth-order valence-corrected chi connectivity index (χ4v) is 2.46. The second-order valence-electron chi connectivity index (χ2n) is 5.81. The molecule has 2 fully saturated rings. The summed E-state index contributed by atoms with van der Waals surface area (Å²) < 4.78 is 5.26. The van der Waals surface area contributed by atoms with E-state index in [4.69, 9.17) is 4.74 Å². The van der Waals surface area contributed by atoms with Crippen LogP contribution in [-0.4, -0.2) is 47.5 Å². The molecule has 1 aliphatic carbocycles. The molecular formula is C14H22N4O2. The van der Waals surface area contributed by atoms with E-state index >= 15 is 0 Å². The molecule has 2 aliphatic rings. The molecule has 1 unspecified atom stereocenters. The van der Waals surface area contributed by atoms with Gasteiger partial charge < -0.3 is 20.5 Å². The molecule has 0 radical (unpaired) electrons. The van der Waals surface area contributed by atoms with E-state index in [-0.39, 0.29) is 0 Å². The van der Waals surface area contributed by atoms with E-state index in [2.05, 4.69) is 20.6 Å². The molecule has 6 heteroatoms. The highest BCUT2D eigenvalue weighted by molar-refractivity contribution is 5.57. The van der Waals surface area contributed by atoms with Gasteiger partial charge in [0.05, 0.1) is 6.61 Å². The number of aromatic nitrogens is 2. The number of rotatable bonds is 5. The predicted octanol–water partition coefficient (Wildman–Crippen LogP) is 1.27. The number of ether oxygens (including phenoxy) is 1. The minimum Gasteiger partial charge on any atom is -0.386 e. The first-order valence-electron chi connectivity index (χ1n) is 7.21. The summed E-state index contributed by atoms with van der Waals surface area (Å²) in [5.74, 6) is 3.07. The molecule has 1 aliphatic heterocycles. The van der Waals surface area contributed by atoms with Crippen molar-refractivity contribution in [2.75, 3.05) is 37.4 Å². The highest BCUT2D eigenvalue weighted by atomic mass is 16.5. The minimum atomic E-state index is -0.781. The van der Waals surface area contributed by atoms with Crippen molar-refractivity contribution in [1.29, 1.82) is 0 Å². The Labute approximate surface area is 119 Å². The van der Waals surface area contributed by atoms with Gasteiger partial charge in [-0.15, -0.1) is 0 Å². The maximum Gasteiger partial charge on any atom is 0.136 e. The lowest BCUT2D eigenvalue weighted by molar-refractivity contribution is 0.0381. The van der Waals surface area contributed by atoms with Crippen molar-refractivity contribution in [3.8, 4) is 0 Å². The molecule has 1 aromatic rings. The van der Waals surface area contributed by atoms with Crippen molar-refractivity contribution < 1.29 is 9.84 Å². The van der Waals surface area contributed by atoms with Crippen LogP contribution in [0.15, 0.2) is 0 Å². The van der Waals surface area contributed by atoms with Gasteiger partial charge in [0.25, 0.3) is 0 Å². The summed E-state index contributed by atoms with van der Waals surface area (Å²) in [4.78, 5) is 9.18. The molecule has 1 atom stereocenters. The van der Waals surface area contributed by atoms with Gasteiger partial charge in [0.2, 0.25) is 0 Å². The second kappa shape index (κ2) is 5.18. The average molecular weight is 278 g/mol. The largest absolute Gasteiger partial charge is 0.386 e. The highest BCUT2D eigenvalue weighted by Crippen LogP contribution is 2.39. The lowest BCUT2D eigenvalue weighted by Gasteiger charge is -2.22. The summed E-state index contributed by atoms with van der Waals surface area (Å²) in [7, 11) is 1.87. The topological polar surface area (TPSA) is 79.3 Å². The van der Waals surface area contributed by atoms with Gasteiger partial charge in [-0.25, -0.2) is 9.97 Å². The zero-order valence-electron chi connectivity index (χ0n) is 12.1. The molecule has 0 spiro atoms. The monoisotopic (exact) mass is 278 g/mol. The molecule has 1 saturated heterocycles. The molecule has 1 aromatic heterocycles. The third kappa shape index (κ3) is 2.71. The van der Waals surface area contributed by atoms with Gasteiger partial charge in [-0.1, -0.05) is 0 Å². The lowest BCUT2D eigenvalue weighted by atomic mass is 10.0. The SMILES string of the molecule is CNc1nc(C2CC2)nc(NCC2(O)CCOC2)c1C. The Balaban J connectivity index is 1.78. The zero-order valence-corrected chi connectivity index (χ0v) is 12.1. The lowest BCUT2D eigenvalue weighted by Crippen LogP contribution is -2.37. The fraction of sp³-hybridized carbons (Fsp3) is 0.714. The summed E-state index contributed by atoms with van der Waals surface area (Å²) in [6.45, 7) is 3.45. The van der Waals surface area contributed by atoms with E-state index in [1.54, 1.807) is 0 Å². The van der Waals surface area contributed by atoms with Crippen molar-refractivity contribution in [1.82, 2.24) is 9.97 Å². The molecule has 3 N–H and O–H groups in total. The molecule has 1 saturated carbocycles. The van der Waals surface area contributed by atoms with Gasteiger partial charge in [-0.3, -0.25) is 0 Å². The van der Waals surface area contributed by atoms with Crippen LogP contribution in [0.2, 0.25) is 0 Å². The smallest absolute Gasteiger partial charge is 0.136 e. The van der Waals surface area contributed by atoms with Crippen molar-refractivity contribution >= 4 is 11.6 Å². The first kappa shape index (κ1) is 13.6. The van der Waals surface area contributed by atoms with Crippen molar-refractivity contribution in [2.24, 2.45) is 0 Å². The number of hydrogen-bond acceptors (Lipinski definition) is 6. The quantitative estimate of drug-likeness (QED) is 0.752. The van der Waals surface area contributed by atoms with E-state index in [1.807, 2.05) is 14.0 Å². The van der Waals surface area contributed by atoms with Gasteiger partial charge >= 0.3 is 0 Å². The third-order valence-electron chi connectivity index (χ3n) is 4.01. The van der Waals surface area contributed by atoms with Crippen LogP contribution < -0.4 is 10.6 Å². The normalized spacial score (nSPS) is 25.8. The Kier molecular flexibility index (Phi) is 3.52. The Hall–Kier alpha value is -1.40. The van der Waals surface area contributed by atoms with Crippen LogP contribution in [0.1, 0.15) is 36.6 Å². The average Bonchev–Trinajstić information content (AvgIpc) is 3.20. The summed E-state index contributed by atoms with van der Waals surface area (Å²) in [6, 6.07) is 0. The Morgan fingerprint density at radius 2 is 2.10 bits per heavy atom. The molecule has 6 nitrogen and oxygen atoms in total. The molecule has 2 heterocycles. The summed E-state index contributed by atoms with van der Waals surface area (Å²) >= 11 is 0. The van der Waals surface area contributed by atoms with Crippen molar-refractivity contribution in [2.45, 2.75) is 37.7 Å². The second-order valence-corrected chi connectivity index (χ2v) is 5.81. The van der Waals surface area contributed by atoms with Gasteiger partial charge in [0.15, 0.2) is 0 Å². The highest BCUT2D eigenvalue weighted by Gasteiger charge is 2.33. The molecule has 0 bridgehead atoms. The van der Waals surface area contributed by atoms with Crippen molar-refractivity contribution in [3.63, 3.8) is 0 Å². The molecule has 110 valence electrons. The van der Waals surface area contributed by atoms with Crippen LogP contribution in [0.3, 0.4) is 0 Å². The first-order valence-corrected chi connectivity index (χ1v) is 7.21. The predicted molar refractivity (Wildman–Crippen MR) is 77.2 cm³/mol. The first-order chi connectivity index (χ1) is 9.61. The minimum absolute atomic E-state index is 0.387. The Bertz CT molecular complexity index is 496. The van der Waals surface area contributed by atoms with Gasteiger partial charge in [-0.05, 0) is 19.8 Å². The standard InChI is InChI=1S/C14H22N4O2/c1-9-11(15-2)17-13(10-3-4-10)18-12(9)16-7-14(19)5-6-20-8-14/h10,19H,3-8H2,1-2H3,(H2,15,16,17,18). The summed E-state index contributed by atoms with van der Waals surface area (Å²) in [5.41, 5.74) is 0.205. The van der Waals surface area contributed by atoms with E-state index in [1.165, 1.54) is 12.8 Å². The van der Waals surface area contributed by atoms with Crippen LogP contribution in [0.25, 0.3) is 0 Å². The maximum absolute atomic E-state index is 10.3. The van der Waals surface area contributed by atoms with E-state index in [0.29, 0.717) is 32.1 Å². The van der Waals surface area contributed by atoms with Gasteiger partial charge in [-0.2, -0.15) is 0 Å². The van der Waals surface area contributed by atoms with Crippen LogP contribution in [-0.2, 0) is 4.74 Å². The Morgan fingerprint density at radius 3 is 2.70 bits per heavy atom. The van der Waals surface area contributed by atoms with Crippen LogP contribution >= 0.6 is 0 Å². The van der Waals surface area contributed by atoms with Crippen LogP contribution in [0.5, 0.6) is 0 Å². The molecular weight excluding hydrogens is 256 g/mol. The van der Waals surface area contributed by atoms with Crippen LogP contribution in [0, 0.1) is 6.92 Å². The number of hydrogen-bond donors (Lipinski definition) is 3. The van der Waals surface area contributed by atoms with E-state index in [0.717, 1.165) is 23.0 Å². The third-order valence-corrected chi connectivity index (χ3v) is 4.01. The zero-order chi connectivity index (χ0) is 14.2. The van der Waals surface area contributed by atoms with Gasteiger partial charge in [0, 0.05) is 38.1 Å². The van der Waals surface area contributed by atoms with Gasteiger partial charge in [0.1, 0.15) is 23.1 Å². The summed E-state index contributed by atoms with van der Waals surface area (Å²) in [5, 5.41) is 16.7. The number of anilines is 2. The van der Waals surface area contributed by atoms with Crippen molar-refractivity contribution in [3.05, 3.63) is 11.4 Å². The van der Waals surface area contributed by atoms with Crippen LogP contribution in [0.4, 0.5) is 11.6 Å². The number of nitrogens with zero attached hydrogens (tertiary/aromatic N) is 2. The Morgan fingerprint density at radius 1 is 1.35 bits per heavy atom. The van der Waals surface area contributed by atoms with E-state index < -0.39 is 5.60 Å². The fourth-order valence-electron chi connectivity index (χ4n) is 2.46.